The van der Waals surface area contributed by atoms with E-state index in [1.54, 1.807) is 0 Å². The minimum absolute atomic E-state index is 0.0342. The van der Waals surface area contributed by atoms with Gasteiger partial charge in [0, 0.05) is 38.1 Å². The fourth-order valence-corrected chi connectivity index (χ4v) is 9.62. The third-order valence-electron chi connectivity index (χ3n) is 11.8. The highest BCUT2D eigenvalue weighted by atomic mass is 16.6. The van der Waals surface area contributed by atoms with E-state index in [1.165, 1.54) is 24.5 Å². The number of hydrogen-bond donors (Lipinski definition) is 1. The van der Waals surface area contributed by atoms with E-state index in [4.69, 9.17) is 14.2 Å². The number of rotatable bonds is 8. The molecule has 0 unspecified atom stereocenters. The Balaban J connectivity index is 1.25. The molecule has 1 saturated heterocycles. The van der Waals surface area contributed by atoms with Crippen LogP contribution in [-0.4, -0.2) is 83.4 Å². The van der Waals surface area contributed by atoms with Crippen molar-refractivity contribution in [1.82, 2.24) is 4.90 Å². The van der Waals surface area contributed by atoms with Crippen LogP contribution in [0.5, 0.6) is 0 Å². The van der Waals surface area contributed by atoms with Gasteiger partial charge in [0.1, 0.15) is 6.04 Å². The number of aliphatic hydroxyl groups excluding tert-OH is 1. The molecule has 8 atom stereocenters. The fraction of sp³-hybridized carbons (Fsp3) is 0.758. The lowest BCUT2D eigenvalue weighted by atomic mass is 9.46. The SMILES string of the molecule is COC(=O)[C@@H]1C[C@H](O)CN1C(=O)CCC(=O)OCC(=O)[C@@]1(OC(C)=O)CC[C@@H]2[C@H]3CCC4=CC(=O)CC[C@]4(C)[C@H]3CC[C@@]21C. The number of ketones is 2. The van der Waals surface area contributed by atoms with Gasteiger partial charge in [-0.05, 0) is 74.2 Å². The summed E-state index contributed by atoms with van der Waals surface area (Å²) < 4.78 is 16.0. The molecule has 4 fully saturated rings. The van der Waals surface area contributed by atoms with Crippen LogP contribution in [-0.2, 0) is 43.0 Å². The van der Waals surface area contributed by atoms with Crippen molar-refractivity contribution in [3.05, 3.63) is 11.6 Å². The van der Waals surface area contributed by atoms with Crippen LogP contribution in [0.15, 0.2) is 11.6 Å². The predicted molar refractivity (Wildman–Crippen MR) is 155 cm³/mol. The monoisotopic (exact) mass is 615 g/mol. The average molecular weight is 616 g/mol. The molecule has 1 N–H and O–H groups in total. The topological polar surface area (TPSA) is 154 Å². The third kappa shape index (κ3) is 5.39. The lowest BCUT2D eigenvalue weighted by Gasteiger charge is -2.59. The molecule has 0 aromatic rings. The molecule has 3 saturated carbocycles. The first-order valence-electron chi connectivity index (χ1n) is 15.9. The summed E-state index contributed by atoms with van der Waals surface area (Å²) in [6, 6.07) is -0.912. The molecule has 44 heavy (non-hydrogen) atoms. The lowest BCUT2D eigenvalue weighted by molar-refractivity contribution is -0.191. The Morgan fingerprint density at radius 3 is 2.43 bits per heavy atom. The number of hydrogen-bond acceptors (Lipinski definition) is 10. The number of β-amino-alcohol motifs (C(OH)–C–C–N with tert-alkyl or cyclic N) is 1. The van der Waals surface area contributed by atoms with Crippen molar-refractivity contribution >= 4 is 35.4 Å². The summed E-state index contributed by atoms with van der Waals surface area (Å²) >= 11 is 0. The normalized spacial score (nSPS) is 37.7. The van der Waals surface area contributed by atoms with Crippen LogP contribution >= 0.6 is 0 Å². The summed E-state index contributed by atoms with van der Waals surface area (Å²) in [6.45, 7) is 5.02. The predicted octanol–water partition coefficient (Wildman–Crippen LogP) is 2.85. The Morgan fingerprint density at radius 2 is 1.73 bits per heavy atom. The minimum Gasteiger partial charge on any atom is -0.467 e. The number of amides is 1. The Hall–Kier alpha value is -3.08. The Labute approximate surface area is 258 Å². The molecule has 0 spiro atoms. The van der Waals surface area contributed by atoms with Gasteiger partial charge < -0.3 is 24.2 Å². The Bertz CT molecular complexity index is 1270. The highest BCUT2D eigenvalue weighted by Gasteiger charge is 2.68. The van der Waals surface area contributed by atoms with Crippen molar-refractivity contribution in [3.63, 3.8) is 0 Å². The zero-order valence-corrected chi connectivity index (χ0v) is 26.2. The molecule has 242 valence electrons. The van der Waals surface area contributed by atoms with Crippen LogP contribution in [0.25, 0.3) is 0 Å². The second kappa shape index (κ2) is 12.0. The number of allylic oxidation sites excluding steroid dienone is 1. The van der Waals surface area contributed by atoms with Crippen LogP contribution < -0.4 is 0 Å². The molecule has 0 radical (unpaired) electrons. The number of carbonyl (C=O) groups excluding carboxylic acids is 6. The number of nitrogens with zero attached hydrogens (tertiary/aromatic N) is 1. The number of Topliss-reactive ketones (excluding diaryl/α,β-unsaturated/α-hetero) is 1. The van der Waals surface area contributed by atoms with Gasteiger partial charge in [-0.2, -0.15) is 0 Å². The quantitative estimate of drug-likeness (QED) is 0.319. The van der Waals surface area contributed by atoms with Gasteiger partial charge in [0.25, 0.3) is 0 Å². The number of fused-ring (bicyclic) bond motifs is 5. The van der Waals surface area contributed by atoms with E-state index in [1.807, 2.05) is 13.0 Å². The maximum absolute atomic E-state index is 13.9. The molecule has 11 heteroatoms. The molecule has 0 aromatic carbocycles. The number of methoxy groups -OCH3 is 1. The smallest absolute Gasteiger partial charge is 0.328 e. The van der Waals surface area contributed by atoms with E-state index in [2.05, 4.69) is 6.92 Å². The van der Waals surface area contributed by atoms with E-state index in [0.717, 1.165) is 32.1 Å². The van der Waals surface area contributed by atoms with Crippen molar-refractivity contribution in [2.45, 2.75) is 109 Å². The standard InChI is InChI=1S/C33H45NO10/c1-19(35)44-33(27(38)18-43-29(40)8-7-28(39)34-17-22(37)16-26(34)30(41)42-4)14-11-25-23-6-5-20-15-21(36)9-12-31(20,2)24(23)10-13-32(25,33)3/h15,22-26,37H,5-14,16-18H2,1-4H3/t22-,23-,24-,25+,26-,31-,32-,33-/m0/s1. The molecule has 5 aliphatic rings. The molecular weight excluding hydrogens is 570 g/mol. The highest BCUT2D eigenvalue weighted by Crippen LogP contribution is 2.68. The summed E-state index contributed by atoms with van der Waals surface area (Å²) in [5, 5.41) is 9.94. The molecule has 5 rings (SSSR count). The van der Waals surface area contributed by atoms with E-state index < -0.39 is 59.4 Å². The van der Waals surface area contributed by atoms with E-state index in [-0.39, 0.29) is 42.9 Å². The van der Waals surface area contributed by atoms with Gasteiger partial charge in [-0.25, -0.2) is 4.79 Å². The molecule has 1 heterocycles. The third-order valence-corrected chi connectivity index (χ3v) is 11.8. The average Bonchev–Trinajstić information content (AvgIpc) is 3.52. The molecule has 0 aromatic heterocycles. The zero-order valence-electron chi connectivity index (χ0n) is 26.2. The Kier molecular flexibility index (Phi) is 8.83. The van der Waals surface area contributed by atoms with Gasteiger partial charge in [0.05, 0.1) is 19.6 Å². The van der Waals surface area contributed by atoms with Crippen molar-refractivity contribution in [2.75, 3.05) is 20.3 Å². The van der Waals surface area contributed by atoms with Gasteiger partial charge in [0.15, 0.2) is 18.0 Å². The summed E-state index contributed by atoms with van der Waals surface area (Å²) in [5.74, 6) is -1.82. The number of carbonyl (C=O) groups is 6. The van der Waals surface area contributed by atoms with Crippen molar-refractivity contribution in [1.29, 1.82) is 0 Å². The van der Waals surface area contributed by atoms with Crippen molar-refractivity contribution in [2.24, 2.45) is 28.6 Å². The van der Waals surface area contributed by atoms with Crippen molar-refractivity contribution in [3.8, 4) is 0 Å². The minimum atomic E-state index is -1.41. The number of aliphatic hydroxyl groups is 1. The van der Waals surface area contributed by atoms with Crippen LogP contribution in [0.2, 0.25) is 0 Å². The second-order valence-electron chi connectivity index (χ2n) is 13.9. The van der Waals surface area contributed by atoms with Gasteiger partial charge in [-0.1, -0.05) is 19.4 Å². The lowest BCUT2D eigenvalue weighted by Crippen LogP contribution is -2.59. The van der Waals surface area contributed by atoms with Crippen LogP contribution in [0.3, 0.4) is 0 Å². The molecular formula is C33H45NO10. The molecule has 4 aliphatic carbocycles. The number of ether oxygens (including phenoxy) is 3. The fourth-order valence-electron chi connectivity index (χ4n) is 9.62. The van der Waals surface area contributed by atoms with Crippen molar-refractivity contribution < 1.29 is 48.1 Å². The van der Waals surface area contributed by atoms with Gasteiger partial charge in [-0.15, -0.1) is 0 Å². The van der Waals surface area contributed by atoms with E-state index >= 15 is 0 Å². The Morgan fingerprint density at radius 1 is 1.00 bits per heavy atom. The van der Waals surface area contributed by atoms with Crippen LogP contribution in [0, 0.1) is 28.6 Å². The largest absolute Gasteiger partial charge is 0.467 e. The molecule has 0 bridgehead atoms. The van der Waals surface area contributed by atoms with E-state index in [0.29, 0.717) is 31.1 Å². The van der Waals surface area contributed by atoms with Gasteiger partial charge in [-0.3, -0.25) is 24.0 Å². The highest BCUT2D eigenvalue weighted by molar-refractivity contribution is 5.94. The maximum Gasteiger partial charge on any atom is 0.328 e. The summed E-state index contributed by atoms with van der Waals surface area (Å²) in [5.41, 5.74) is -0.818. The maximum atomic E-state index is 13.9. The number of esters is 3. The van der Waals surface area contributed by atoms with Crippen LogP contribution in [0.1, 0.15) is 91.4 Å². The second-order valence-corrected chi connectivity index (χ2v) is 13.9. The molecule has 1 aliphatic heterocycles. The van der Waals surface area contributed by atoms with Gasteiger partial charge in [0.2, 0.25) is 11.7 Å². The summed E-state index contributed by atoms with van der Waals surface area (Å²) in [6.07, 6.45) is 6.30. The molecule has 11 nitrogen and oxygen atoms in total. The first-order valence-corrected chi connectivity index (χ1v) is 15.9. The summed E-state index contributed by atoms with van der Waals surface area (Å²) in [4.78, 5) is 77.2. The van der Waals surface area contributed by atoms with E-state index in [9.17, 15) is 33.9 Å². The molecule has 1 amide bonds. The van der Waals surface area contributed by atoms with Gasteiger partial charge >= 0.3 is 17.9 Å². The summed E-state index contributed by atoms with van der Waals surface area (Å²) in [7, 11) is 1.20. The van der Waals surface area contributed by atoms with Crippen LogP contribution in [0.4, 0.5) is 0 Å². The number of likely N-dealkylation sites (tertiary alicyclic amines) is 1. The first-order chi connectivity index (χ1) is 20.8. The zero-order chi connectivity index (χ0) is 32.0. The first kappa shape index (κ1) is 32.3.